The van der Waals surface area contributed by atoms with Gasteiger partial charge in [0.1, 0.15) is 0 Å². The molecular weight excluding hydrogens is 270 g/mol. The number of nitrogens with zero attached hydrogens (tertiary/aromatic N) is 2. The second kappa shape index (κ2) is 5.61. The molecule has 22 heavy (non-hydrogen) atoms. The van der Waals surface area contributed by atoms with E-state index in [-0.39, 0.29) is 5.41 Å². The minimum absolute atomic E-state index is 0.160. The Morgan fingerprint density at radius 3 is 2.64 bits per heavy atom. The number of nitriles is 1. The van der Waals surface area contributed by atoms with Crippen LogP contribution in [-0.4, -0.2) is 10.2 Å². The van der Waals surface area contributed by atoms with Crippen molar-refractivity contribution in [3.63, 3.8) is 0 Å². The van der Waals surface area contributed by atoms with Crippen LogP contribution in [-0.2, 0) is 11.8 Å². The fraction of sp³-hybridized carbons (Fsp3) is 0.474. The van der Waals surface area contributed by atoms with Crippen molar-refractivity contribution in [3.05, 3.63) is 41.1 Å². The molecule has 0 amide bonds. The second-order valence-corrected chi connectivity index (χ2v) is 7.24. The average Bonchev–Trinajstić information content (AvgIpc) is 2.92. The average molecular weight is 293 g/mol. The van der Waals surface area contributed by atoms with E-state index in [2.05, 4.69) is 61.3 Å². The Hall–Kier alpha value is -2.08. The lowest BCUT2D eigenvalue weighted by Gasteiger charge is -2.21. The van der Waals surface area contributed by atoms with E-state index < -0.39 is 0 Å². The van der Waals surface area contributed by atoms with Crippen LogP contribution >= 0.6 is 0 Å². The smallest absolute Gasteiger partial charge is 0.0958 e. The number of hydrogen-bond acceptors (Lipinski definition) is 2. The maximum Gasteiger partial charge on any atom is 0.0958 e. The van der Waals surface area contributed by atoms with Crippen molar-refractivity contribution >= 4 is 0 Å². The van der Waals surface area contributed by atoms with Gasteiger partial charge in [-0.3, -0.25) is 5.10 Å². The van der Waals surface area contributed by atoms with Crippen molar-refractivity contribution in [3.8, 4) is 17.3 Å². The summed E-state index contributed by atoms with van der Waals surface area (Å²) in [7, 11) is 0. The zero-order chi connectivity index (χ0) is 15.7. The molecule has 1 atom stereocenters. The maximum absolute atomic E-state index is 9.09. The van der Waals surface area contributed by atoms with Gasteiger partial charge in [0.05, 0.1) is 11.8 Å². The number of benzene rings is 1. The van der Waals surface area contributed by atoms with Crippen LogP contribution in [0.1, 0.15) is 62.8 Å². The predicted molar refractivity (Wildman–Crippen MR) is 88.6 cm³/mol. The van der Waals surface area contributed by atoms with E-state index in [4.69, 9.17) is 5.26 Å². The summed E-state index contributed by atoms with van der Waals surface area (Å²) >= 11 is 0. The summed E-state index contributed by atoms with van der Waals surface area (Å²) in [5, 5.41) is 16.8. The third kappa shape index (κ3) is 2.66. The van der Waals surface area contributed by atoms with Crippen molar-refractivity contribution < 1.29 is 0 Å². The number of aromatic amines is 1. The molecule has 0 bridgehead atoms. The van der Waals surface area contributed by atoms with Gasteiger partial charge in [0, 0.05) is 29.2 Å². The van der Waals surface area contributed by atoms with Crippen LogP contribution in [0.2, 0.25) is 0 Å². The molecule has 3 rings (SSSR count). The number of hydrogen-bond donors (Lipinski definition) is 1. The predicted octanol–water partition coefficient (Wildman–Crippen LogP) is 4.71. The van der Waals surface area contributed by atoms with E-state index in [0.717, 1.165) is 30.5 Å². The van der Waals surface area contributed by atoms with E-state index in [1.807, 2.05) is 0 Å². The summed E-state index contributed by atoms with van der Waals surface area (Å²) in [6.45, 7) is 6.67. The van der Waals surface area contributed by atoms with Gasteiger partial charge in [-0.2, -0.15) is 10.4 Å². The van der Waals surface area contributed by atoms with Crippen LogP contribution in [0.3, 0.4) is 0 Å². The first kappa shape index (κ1) is 14.8. The molecule has 1 heterocycles. The number of rotatable bonds is 2. The summed E-state index contributed by atoms with van der Waals surface area (Å²) in [5.41, 5.74) is 6.17. The third-order valence-corrected chi connectivity index (χ3v) is 4.63. The van der Waals surface area contributed by atoms with Crippen molar-refractivity contribution in [1.82, 2.24) is 10.2 Å². The highest BCUT2D eigenvalue weighted by molar-refractivity contribution is 5.66. The number of aryl methyl sites for hydroxylation is 1. The Balaban J connectivity index is 2.00. The molecule has 1 unspecified atom stereocenters. The maximum atomic E-state index is 9.09. The SMILES string of the molecule is CC(C)(C)c1ccc(-c2n[nH]c3c2C(CC#N)CCC3)cc1. The van der Waals surface area contributed by atoms with Crippen LogP contribution in [0.4, 0.5) is 0 Å². The first-order chi connectivity index (χ1) is 10.5. The zero-order valence-electron chi connectivity index (χ0n) is 13.6. The van der Waals surface area contributed by atoms with Crippen LogP contribution in [0.5, 0.6) is 0 Å². The molecule has 1 N–H and O–H groups in total. The quantitative estimate of drug-likeness (QED) is 0.872. The second-order valence-electron chi connectivity index (χ2n) is 7.24. The Morgan fingerprint density at radius 2 is 2.00 bits per heavy atom. The molecule has 1 aliphatic rings. The van der Waals surface area contributed by atoms with E-state index >= 15 is 0 Å². The molecular formula is C19H23N3. The summed E-state index contributed by atoms with van der Waals surface area (Å²) in [6.07, 6.45) is 3.86. The fourth-order valence-electron chi connectivity index (χ4n) is 3.35. The van der Waals surface area contributed by atoms with Gasteiger partial charge >= 0.3 is 0 Å². The molecule has 1 aromatic heterocycles. The van der Waals surface area contributed by atoms with Gasteiger partial charge < -0.3 is 0 Å². The van der Waals surface area contributed by atoms with Crippen molar-refractivity contribution in [2.75, 3.05) is 0 Å². The number of aromatic nitrogens is 2. The number of nitrogens with one attached hydrogen (secondary N) is 1. The van der Waals surface area contributed by atoms with Crippen molar-refractivity contribution in [2.45, 2.75) is 57.8 Å². The largest absolute Gasteiger partial charge is 0.282 e. The topological polar surface area (TPSA) is 52.5 Å². The van der Waals surface area contributed by atoms with E-state index in [1.165, 1.54) is 16.8 Å². The summed E-state index contributed by atoms with van der Waals surface area (Å²) in [4.78, 5) is 0. The van der Waals surface area contributed by atoms with Gasteiger partial charge in [-0.25, -0.2) is 0 Å². The Bertz CT molecular complexity index is 696. The number of H-pyrrole nitrogens is 1. The zero-order valence-corrected chi connectivity index (χ0v) is 13.6. The molecule has 2 aromatic rings. The van der Waals surface area contributed by atoms with E-state index in [1.54, 1.807) is 0 Å². The molecule has 0 fully saturated rings. The fourth-order valence-corrected chi connectivity index (χ4v) is 3.35. The lowest BCUT2D eigenvalue weighted by Crippen LogP contribution is -2.11. The Labute approximate surface area is 132 Å². The van der Waals surface area contributed by atoms with Gasteiger partial charge in [-0.15, -0.1) is 0 Å². The summed E-state index contributed by atoms with van der Waals surface area (Å²) < 4.78 is 0. The molecule has 0 saturated carbocycles. The molecule has 0 radical (unpaired) electrons. The van der Waals surface area contributed by atoms with Crippen LogP contribution < -0.4 is 0 Å². The van der Waals surface area contributed by atoms with Gasteiger partial charge in [-0.1, -0.05) is 45.0 Å². The van der Waals surface area contributed by atoms with Crippen LogP contribution in [0, 0.1) is 11.3 Å². The Kier molecular flexibility index (Phi) is 3.78. The first-order valence-corrected chi connectivity index (χ1v) is 8.05. The summed E-state index contributed by atoms with van der Waals surface area (Å²) in [6, 6.07) is 11.0. The molecule has 1 aromatic carbocycles. The minimum Gasteiger partial charge on any atom is -0.282 e. The lowest BCUT2D eigenvalue weighted by atomic mass is 9.82. The molecule has 0 aliphatic heterocycles. The Morgan fingerprint density at radius 1 is 1.27 bits per heavy atom. The van der Waals surface area contributed by atoms with Crippen molar-refractivity contribution in [1.29, 1.82) is 5.26 Å². The highest BCUT2D eigenvalue weighted by atomic mass is 15.1. The lowest BCUT2D eigenvalue weighted by molar-refractivity contribution is 0.558. The molecule has 1 aliphatic carbocycles. The molecule has 3 heteroatoms. The molecule has 0 saturated heterocycles. The minimum atomic E-state index is 0.160. The van der Waals surface area contributed by atoms with E-state index in [0.29, 0.717) is 12.3 Å². The van der Waals surface area contributed by atoms with E-state index in [9.17, 15) is 0 Å². The standard InChI is InChI=1S/C19H23N3/c1-19(2,3)15-9-7-14(8-10-15)18-17-13(11-12-20)5-4-6-16(17)21-22-18/h7-10,13H,4-6,11H2,1-3H3,(H,21,22). The van der Waals surface area contributed by atoms with Crippen molar-refractivity contribution in [2.24, 2.45) is 0 Å². The number of fused-ring (bicyclic) bond motifs is 1. The van der Waals surface area contributed by atoms with Crippen LogP contribution in [0.15, 0.2) is 24.3 Å². The molecule has 114 valence electrons. The summed E-state index contributed by atoms with van der Waals surface area (Å²) in [5.74, 6) is 0.324. The monoisotopic (exact) mass is 293 g/mol. The third-order valence-electron chi connectivity index (χ3n) is 4.63. The molecule has 0 spiro atoms. The van der Waals surface area contributed by atoms with Gasteiger partial charge in [0.2, 0.25) is 0 Å². The highest BCUT2D eigenvalue weighted by Gasteiger charge is 2.26. The van der Waals surface area contributed by atoms with Gasteiger partial charge in [0.25, 0.3) is 0 Å². The first-order valence-electron chi connectivity index (χ1n) is 8.05. The van der Waals surface area contributed by atoms with Crippen LogP contribution in [0.25, 0.3) is 11.3 Å². The molecule has 3 nitrogen and oxygen atoms in total. The normalized spacial score (nSPS) is 17.8. The highest BCUT2D eigenvalue weighted by Crippen LogP contribution is 2.39. The van der Waals surface area contributed by atoms with Gasteiger partial charge in [0.15, 0.2) is 0 Å². The van der Waals surface area contributed by atoms with Gasteiger partial charge in [-0.05, 0) is 30.2 Å².